The standard InChI is InChI=1S/C20H25N3O2S/c24-19(22-10-4-5-11-22)15-26-20-21-13-18(16-7-2-1-3-8-16)23(20)14-17-9-6-12-25-17/h1-3,7-8,13,17H,4-6,9-12,14-15H2. The Labute approximate surface area is 158 Å². The van der Waals surface area contributed by atoms with Crippen LogP contribution in [-0.4, -0.2) is 51.9 Å². The Morgan fingerprint density at radius 2 is 2.00 bits per heavy atom. The highest BCUT2D eigenvalue weighted by atomic mass is 32.2. The van der Waals surface area contributed by atoms with Gasteiger partial charge in [-0.05, 0) is 31.2 Å². The third-order valence-corrected chi connectivity index (χ3v) is 6.06. The first-order chi connectivity index (χ1) is 12.8. The molecule has 1 unspecified atom stereocenters. The summed E-state index contributed by atoms with van der Waals surface area (Å²) in [5.74, 6) is 0.678. The average molecular weight is 372 g/mol. The number of carbonyl (C=O) groups excluding carboxylic acids is 1. The number of ether oxygens (including phenoxy) is 1. The smallest absolute Gasteiger partial charge is 0.233 e. The van der Waals surface area contributed by atoms with Crippen LogP contribution >= 0.6 is 11.8 Å². The molecule has 138 valence electrons. The van der Waals surface area contributed by atoms with Crippen LogP contribution in [0.3, 0.4) is 0 Å². The largest absolute Gasteiger partial charge is 0.376 e. The van der Waals surface area contributed by atoms with Gasteiger partial charge in [-0.15, -0.1) is 0 Å². The molecule has 2 aromatic rings. The third-order valence-electron chi connectivity index (χ3n) is 5.08. The van der Waals surface area contributed by atoms with Gasteiger partial charge in [0.1, 0.15) is 0 Å². The fourth-order valence-corrected chi connectivity index (χ4v) is 4.56. The zero-order valence-electron chi connectivity index (χ0n) is 15.0. The molecule has 2 aliphatic heterocycles. The summed E-state index contributed by atoms with van der Waals surface area (Å²) < 4.78 is 8.08. The number of likely N-dealkylation sites (tertiary alicyclic amines) is 1. The number of benzene rings is 1. The lowest BCUT2D eigenvalue weighted by molar-refractivity contribution is -0.127. The number of hydrogen-bond donors (Lipinski definition) is 0. The van der Waals surface area contributed by atoms with Crippen LogP contribution in [0.2, 0.25) is 0 Å². The van der Waals surface area contributed by atoms with Crippen LogP contribution in [0, 0.1) is 0 Å². The second-order valence-electron chi connectivity index (χ2n) is 6.91. The molecule has 0 N–H and O–H groups in total. The monoisotopic (exact) mass is 371 g/mol. The topological polar surface area (TPSA) is 47.4 Å². The number of nitrogens with zero attached hydrogens (tertiary/aromatic N) is 3. The number of amides is 1. The maximum atomic E-state index is 12.4. The highest BCUT2D eigenvalue weighted by Crippen LogP contribution is 2.28. The van der Waals surface area contributed by atoms with Gasteiger partial charge in [0, 0.05) is 19.7 Å². The van der Waals surface area contributed by atoms with Crippen molar-refractivity contribution in [2.75, 3.05) is 25.4 Å². The van der Waals surface area contributed by atoms with E-state index in [1.165, 1.54) is 0 Å². The molecule has 6 heteroatoms. The third kappa shape index (κ3) is 3.96. The van der Waals surface area contributed by atoms with Gasteiger partial charge in [-0.1, -0.05) is 42.1 Å². The predicted octanol–water partition coefficient (Wildman–Crippen LogP) is 3.44. The van der Waals surface area contributed by atoms with Crippen LogP contribution in [0.5, 0.6) is 0 Å². The van der Waals surface area contributed by atoms with Gasteiger partial charge >= 0.3 is 0 Å². The van der Waals surface area contributed by atoms with E-state index in [4.69, 9.17) is 4.74 Å². The first kappa shape index (κ1) is 17.6. The van der Waals surface area contributed by atoms with Crippen molar-refractivity contribution in [1.29, 1.82) is 0 Å². The Kier molecular flexibility index (Phi) is 5.60. The molecular formula is C20H25N3O2S. The summed E-state index contributed by atoms with van der Waals surface area (Å²) in [4.78, 5) is 19.0. The van der Waals surface area contributed by atoms with E-state index >= 15 is 0 Å². The fraction of sp³-hybridized carbons (Fsp3) is 0.500. The molecule has 0 spiro atoms. The quantitative estimate of drug-likeness (QED) is 0.730. The van der Waals surface area contributed by atoms with E-state index in [2.05, 4.69) is 21.7 Å². The zero-order valence-corrected chi connectivity index (χ0v) is 15.8. The van der Waals surface area contributed by atoms with Gasteiger partial charge in [-0.25, -0.2) is 4.98 Å². The van der Waals surface area contributed by atoms with Gasteiger partial charge in [-0.2, -0.15) is 0 Å². The summed E-state index contributed by atoms with van der Waals surface area (Å²) >= 11 is 1.55. The van der Waals surface area contributed by atoms with E-state index in [1.54, 1.807) is 11.8 Å². The summed E-state index contributed by atoms with van der Waals surface area (Å²) in [6.45, 7) is 3.44. The summed E-state index contributed by atoms with van der Waals surface area (Å²) in [6, 6.07) is 10.3. The second kappa shape index (κ2) is 8.27. The number of aromatic nitrogens is 2. The van der Waals surface area contributed by atoms with Gasteiger partial charge < -0.3 is 14.2 Å². The minimum absolute atomic E-state index is 0.223. The van der Waals surface area contributed by atoms with Crippen molar-refractivity contribution in [2.45, 2.75) is 43.5 Å². The number of rotatable bonds is 6. The number of carbonyl (C=O) groups is 1. The van der Waals surface area contributed by atoms with Crippen LogP contribution in [0.25, 0.3) is 11.3 Å². The molecule has 1 aromatic heterocycles. The van der Waals surface area contributed by atoms with Gasteiger partial charge in [0.05, 0.1) is 30.3 Å². The number of imidazole rings is 1. The fourth-order valence-electron chi connectivity index (χ4n) is 3.67. The predicted molar refractivity (Wildman–Crippen MR) is 103 cm³/mol. The van der Waals surface area contributed by atoms with Crippen LogP contribution in [-0.2, 0) is 16.1 Å². The van der Waals surface area contributed by atoms with Gasteiger partial charge in [0.2, 0.25) is 5.91 Å². The van der Waals surface area contributed by atoms with Gasteiger partial charge in [-0.3, -0.25) is 4.79 Å². The van der Waals surface area contributed by atoms with Crippen molar-refractivity contribution < 1.29 is 9.53 Å². The molecule has 2 saturated heterocycles. The van der Waals surface area contributed by atoms with E-state index in [9.17, 15) is 4.79 Å². The maximum Gasteiger partial charge on any atom is 0.233 e. The minimum Gasteiger partial charge on any atom is -0.376 e. The first-order valence-electron chi connectivity index (χ1n) is 9.44. The van der Waals surface area contributed by atoms with Crippen LogP contribution < -0.4 is 0 Å². The van der Waals surface area contributed by atoms with E-state index in [0.717, 1.165) is 68.3 Å². The van der Waals surface area contributed by atoms with E-state index in [0.29, 0.717) is 5.75 Å². The molecule has 4 rings (SSSR count). The first-order valence-corrected chi connectivity index (χ1v) is 10.4. The average Bonchev–Trinajstić information content (AvgIpc) is 3.43. The Balaban J connectivity index is 1.53. The van der Waals surface area contributed by atoms with Crippen LogP contribution in [0.1, 0.15) is 25.7 Å². The molecule has 1 aromatic carbocycles. The Morgan fingerprint density at radius 3 is 2.73 bits per heavy atom. The van der Waals surface area contributed by atoms with Crippen molar-refractivity contribution in [3.05, 3.63) is 36.5 Å². The summed E-state index contributed by atoms with van der Waals surface area (Å²) in [5.41, 5.74) is 2.24. The molecule has 26 heavy (non-hydrogen) atoms. The Morgan fingerprint density at radius 1 is 1.19 bits per heavy atom. The molecule has 0 saturated carbocycles. The Bertz CT molecular complexity index is 735. The lowest BCUT2D eigenvalue weighted by Gasteiger charge is -2.17. The lowest BCUT2D eigenvalue weighted by atomic mass is 10.1. The molecule has 5 nitrogen and oxygen atoms in total. The van der Waals surface area contributed by atoms with Gasteiger partial charge in [0.15, 0.2) is 5.16 Å². The maximum absolute atomic E-state index is 12.4. The van der Waals surface area contributed by atoms with Gasteiger partial charge in [0.25, 0.3) is 0 Å². The molecule has 2 fully saturated rings. The molecule has 0 bridgehead atoms. The van der Waals surface area contributed by atoms with E-state index in [1.807, 2.05) is 29.3 Å². The van der Waals surface area contributed by atoms with Crippen LogP contribution in [0.4, 0.5) is 0 Å². The molecule has 0 radical (unpaired) electrons. The van der Waals surface area contributed by atoms with E-state index in [-0.39, 0.29) is 12.0 Å². The molecule has 1 atom stereocenters. The normalized spacial score (nSPS) is 20.0. The molecule has 2 aliphatic rings. The molecule has 0 aliphatic carbocycles. The highest BCUT2D eigenvalue weighted by molar-refractivity contribution is 7.99. The van der Waals surface area contributed by atoms with Crippen molar-refractivity contribution in [1.82, 2.24) is 14.5 Å². The van der Waals surface area contributed by atoms with E-state index < -0.39 is 0 Å². The molecule has 1 amide bonds. The highest BCUT2D eigenvalue weighted by Gasteiger charge is 2.22. The number of thioether (sulfide) groups is 1. The summed E-state index contributed by atoms with van der Waals surface area (Å²) in [6.07, 6.45) is 6.62. The second-order valence-corrected chi connectivity index (χ2v) is 7.86. The zero-order chi connectivity index (χ0) is 17.8. The molecule has 3 heterocycles. The SMILES string of the molecule is O=C(CSc1ncc(-c2ccccc2)n1CC1CCCO1)N1CCCC1. The lowest BCUT2D eigenvalue weighted by Crippen LogP contribution is -2.29. The minimum atomic E-state index is 0.223. The van der Waals surface area contributed by atoms with Crippen LogP contribution in [0.15, 0.2) is 41.7 Å². The summed E-state index contributed by atoms with van der Waals surface area (Å²) in [5, 5.41) is 0.909. The van der Waals surface area contributed by atoms with Crippen molar-refractivity contribution in [2.24, 2.45) is 0 Å². The summed E-state index contributed by atoms with van der Waals surface area (Å²) in [7, 11) is 0. The van der Waals surface area contributed by atoms with Crippen molar-refractivity contribution in [3.63, 3.8) is 0 Å². The molecular weight excluding hydrogens is 346 g/mol. The Hall–Kier alpha value is -1.79. The van der Waals surface area contributed by atoms with Crippen molar-refractivity contribution >= 4 is 17.7 Å². The number of hydrogen-bond acceptors (Lipinski definition) is 4. The van der Waals surface area contributed by atoms with Crippen molar-refractivity contribution in [3.8, 4) is 11.3 Å².